The Labute approximate surface area is 66.7 Å². The molecule has 0 aromatic rings. The van der Waals surface area contributed by atoms with Crippen molar-refractivity contribution in [1.82, 2.24) is 0 Å². The molecular weight excluding hydrogens is 144 g/mol. The lowest BCUT2D eigenvalue weighted by Gasteiger charge is -2.30. The molecule has 3 heteroatoms. The van der Waals surface area contributed by atoms with Crippen LogP contribution in [-0.2, 0) is 14.3 Å². The third-order valence-electron chi connectivity index (χ3n) is 2.14. The first-order valence-electron chi connectivity index (χ1n) is 3.86. The lowest BCUT2D eigenvalue weighted by molar-refractivity contribution is -0.194. The molecule has 0 aliphatic carbocycles. The maximum atomic E-state index is 11.1. The Bertz CT molecular complexity index is 155. The van der Waals surface area contributed by atoms with E-state index in [1.807, 2.05) is 13.8 Å². The van der Waals surface area contributed by atoms with Crippen molar-refractivity contribution in [1.29, 1.82) is 0 Å². The fourth-order valence-corrected chi connectivity index (χ4v) is 1.17. The minimum absolute atomic E-state index is 0.0538. The highest BCUT2D eigenvalue weighted by atomic mass is 16.7. The molecule has 0 N–H and O–H groups in total. The van der Waals surface area contributed by atoms with Gasteiger partial charge in [0.1, 0.15) is 0 Å². The van der Waals surface area contributed by atoms with Crippen molar-refractivity contribution in [2.24, 2.45) is 5.92 Å². The molecule has 1 heterocycles. The van der Waals surface area contributed by atoms with Crippen LogP contribution in [0.4, 0.5) is 0 Å². The van der Waals surface area contributed by atoms with E-state index >= 15 is 0 Å². The van der Waals surface area contributed by atoms with Gasteiger partial charge in [-0.3, -0.25) is 4.79 Å². The summed E-state index contributed by atoms with van der Waals surface area (Å²) >= 11 is 0. The Hall–Kier alpha value is -0.410. The van der Waals surface area contributed by atoms with Gasteiger partial charge in [-0.25, -0.2) is 0 Å². The van der Waals surface area contributed by atoms with Gasteiger partial charge in [-0.2, -0.15) is 0 Å². The second-order valence-corrected chi connectivity index (χ2v) is 3.06. The van der Waals surface area contributed by atoms with Crippen LogP contribution in [0.25, 0.3) is 0 Å². The molecule has 1 aliphatic rings. The van der Waals surface area contributed by atoms with E-state index in [1.54, 1.807) is 0 Å². The van der Waals surface area contributed by atoms with Crippen LogP contribution in [0.3, 0.4) is 0 Å². The summed E-state index contributed by atoms with van der Waals surface area (Å²) in [5.74, 6) is 0.368. The molecule has 0 aromatic carbocycles. The topological polar surface area (TPSA) is 35.5 Å². The van der Waals surface area contributed by atoms with Crippen molar-refractivity contribution in [3.05, 3.63) is 0 Å². The zero-order chi connectivity index (χ0) is 8.43. The zero-order valence-electron chi connectivity index (χ0n) is 7.16. The predicted molar refractivity (Wildman–Crippen MR) is 40.1 cm³/mol. The van der Waals surface area contributed by atoms with Crippen LogP contribution in [0.15, 0.2) is 0 Å². The smallest absolute Gasteiger partial charge is 0.217 e. The number of ketones is 1. The highest BCUT2D eigenvalue weighted by Crippen LogP contribution is 2.21. The Morgan fingerprint density at radius 3 is 2.73 bits per heavy atom. The molecule has 0 radical (unpaired) electrons. The van der Waals surface area contributed by atoms with E-state index in [0.29, 0.717) is 12.3 Å². The third kappa shape index (κ3) is 1.79. The van der Waals surface area contributed by atoms with Crippen LogP contribution in [0, 0.1) is 5.92 Å². The third-order valence-corrected chi connectivity index (χ3v) is 2.14. The maximum Gasteiger partial charge on any atom is 0.217 e. The van der Waals surface area contributed by atoms with Gasteiger partial charge in [-0.1, -0.05) is 6.92 Å². The number of Topliss-reactive ketones (excluding diaryl/α,β-unsaturated/α-hetero) is 1. The second kappa shape index (κ2) is 3.32. The molecule has 1 saturated heterocycles. The van der Waals surface area contributed by atoms with E-state index in [4.69, 9.17) is 9.47 Å². The zero-order valence-corrected chi connectivity index (χ0v) is 7.16. The average Bonchev–Trinajstić information content (AvgIpc) is 1.97. The van der Waals surface area contributed by atoms with Crippen molar-refractivity contribution in [3.63, 3.8) is 0 Å². The summed E-state index contributed by atoms with van der Waals surface area (Å²) in [6, 6.07) is 0. The van der Waals surface area contributed by atoms with Crippen molar-refractivity contribution < 1.29 is 14.3 Å². The summed E-state index contributed by atoms with van der Waals surface area (Å²) in [6.45, 7) is 3.97. The highest BCUT2D eigenvalue weighted by molar-refractivity contribution is 5.82. The van der Waals surface area contributed by atoms with Crippen LogP contribution < -0.4 is 0 Å². The lowest BCUT2D eigenvalue weighted by atomic mass is 9.96. The first-order valence-corrected chi connectivity index (χ1v) is 3.86. The van der Waals surface area contributed by atoms with E-state index in [2.05, 4.69) is 0 Å². The Kier molecular flexibility index (Phi) is 2.62. The number of hydrogen-bond acceptors (Lipinski definition) is 3. The van der Waals surface area contributed by atoms with Crippen LogP contribution in [-0.4, -0.2) is 25.3 Å². The largest absolute Gasteiger partial charge is 0.349 e. The molecule has 0 saturated carbocycles. The molecule has 1 aliphatic heterocycles. The standard InChI is InChI=1S/C8H14O3/c1-5-4-7(9)8(10-3)11-6(5)2/h5-6,8H,4H2,1-3H3/t5-,6-,8+/m0/s1. The van der Waals surface area contributed by atoms with Crippen LogP contribution in [0.1, 0.15) is 20.3 Å². The quantitative estimate of drug-likeness (QED) is 0.570. The molecular formula is C8H14O3. The number of carbonyl (C=O) groups excluding carboxylic acids is 1. The van der Waals surface area contributed by atoms with E-state index in [-0.39, 0.29) is 11.9 Å². The van der Waals surface area contributed by atoms with E-state index in [1.165, 1.54) is 7.11 Å². The predicted octanol–water partition coefficient (Wildman–Crippen LogP) is 0.973. The molecule has 0 amide bonds. The Morgan fingerprint density at radius 2 is 2.18 bits per heavy atom. The molecule has 11 heavy (non-hydrogen) atoms. The number of hydrogen-bond donors (Lipinski definition) is 0. The monoisotopic (exact) mass is 158 g/mol. The number of carbonyl (C=O) groups is 1. The molecule has 3 atom stereocenters. The first kappa shape index (κ1) is 8.68. The fourth-order valence-electron chi connectivity index (χ4n) is 1.17. The van der Waals surface area contributed by atoms with Gasteiger partial charge in [0.2, 0.25) is 6.29 Å². The lowest BCUT2D eigenvalue weighted by Crippen LogP contribution is -2.40. The first-order chi connectivity index (χ1) is 5.15. The number of methoxy groups -OCH3 is 1. The molecule has 0 unspecified atom stereocenters. The van der Waals surface area contributed by atoms with Gasteiger partial charge in [0.15, 0.2) is 5.78 Å². The summed E-state index contributed by atoms with van der Waals surface area (Å²) in [7, 11) is 1.49. The Morgan fingerprint density at radius 1 is 1.55 bits per heavy atom. The number of rotatable bonds is 1. The fraction of sp³-hybridized carbons (Fsp3) is 0.875. The summed E-state index contributed by atoms with van der Waals surface area (Å²) in [6.07, 6.45) is 0.0681. The van der Waals surface area contributed by atoms with Gasteiger partial charge in [-0.15, -0.1) is 0 Å². The van der Waals surface area contributed by atoms with Gasteiger partial charge in [0.25, 0.3) is 0 Å². The molecule has 64 valence electrons. The normalized spacial score (nSPS) is 39.2. The average molecular weight is 158 g/mol. The van der Waals surface area contributed by atoms with Gasteiger partial charge in [0.05, 0.1) is 6.10 Å². The number of ether oxygens (including phenoxy) is 2. The van der Waals surface area contributed by atoms with Crippen LogP contribution >= 0.6 is 0 Å². The van der Waals surface area contributed by atoms with E-state index < -0.39 is 6.29 Å². The summed E-state index contributed by atoms with van der Waals surface area (Å²) in [5.41, 5.74) is 0. The molecule has 0 aromatic heterocycles. The minimum atomic E-state index is -0.624. The van der Waals surface area contributed by atoms with Crippen LogP contribution in [0.2, 0.25) is 0 Å². The SMILES string of the molecule is CO[C@@H]1O[C@@H](C)[C@@H](C)CC1=O. The van der Waals surface area contributed by atoms with Gasteiger partial charge < -0.3 is 9.47 Å². The van der Waals surface area contributed by atoms with Gasteiger partial charge >= 0.3 is 0 Å². The second-order valence-electron chi connectivity index (χ2n) is 3.06. The molecule has 0 spiro atoms. The van der Waals surface area contributed by atoms with Crippen molar-refractivity contribution in [3.8, 4) is 0 Å². The van der Waals surface area contributed by atoms with Crippen molar-refractivity contribution in [2.45, 2.75) is 32.7 Å². The Balaban J connectivity index is 2.55. The maximum absolute atomic E-state index is 11.1. The van der Waals surface area contributed by atoms with E-state index in [0.717, 1.165) is 0 Å². The van der Waals surface area contributed by atoms with Crippen LogP contribution in [0.5, 0.6) is 0 Å². The highest BCUT2D eigenvalue weighted by Gasteiger charge is 2.31. The summed E-state index contributed by atoms with van der Waals surface area (Å²) in [4.78, 5) is 11.1. The molecule has 0 bridgehead atoms. The minimum Gasteiger partial charge on any atom is -0.349 e. The molecule has 1 rings (SSSR count). The van der Waals surface area contributed by atoms with Crippen molar-refractivity contribution in [2.75, 3.05) is 7.11 Å². The summed E-state index contributed by atoms with van der Waals surface area (Å²) in [5, 5.41) is 0. The van der Waals surface area contributed by atoms with E-state index in [9.17, 15) is 4.79 Å². The van der Waals surface area contributed by atoms with Crippen molar-refractivity contribution >= 4 is 5.78 Å². The van der Waals surface area contributed by atoms with Gasteiger partial charge in [0, 0.05) is 13.5 Å². The van der Waals surface area contributed by atoms with Gasteiger partial charge in [-0.05, 0) is 12.8 Å². The molecule has 1 fully saturated rings. The summed E-state index contributed by atoms with van der Waals surface area (Å²) < 4.78 is 10.1. The molecule has 3 nitrogen and oxygen atoms in total.